The van der Waals surface area contributed by atoms with E-state index in [4.69, 9.17) is 0 Å². The lowest BCUT2D eigenvalue weighted by molar-refractivity contribution is 0.0971. The molecule has 0 unspecified atom stereocenters. The molecular weight excluding hydrogens is 352 g/mol. The Balaban J connectivity index is 1.91. The summed E-state index contributed by atoms with van der Waals surface area (Å²) in [6.07, 6.45) is 3.16. The maximum atomic E-state index is 12.7. The highest BCUT2D eigenvalue weighted by Crippen LogP contribution is 2.24. The molecule has 0 aliphatic heterocycles. The molecule has 1 heterocycles. The Labute approximate surface area is 152 Å². The quantitative estimate of drug-likeness (QED) is 0.891. The van der Waals surface area contributed by atoms with Crippen LogP contribution >= 0.6 is 0 Å². The smallest absolute Gasteiger partial charge is 0.266 e. The molecule has 0 atom stereocenters. The van der Waals surface area contributed by atoms with Gasteiger partial charge in [0.2, 0.25) is 0 Å². The summed E-state index contributed by atoms with van der Waals surface area (Å²) in [7, 11) is -4.03. The summed E-state index contributed by atoms with van der Waals surface area (Å²) in [5, 5.41) is 0. The van der Waals surface area contributed by atoms with Crippen LogP contribution in [-0.4, -0.2) is 25.1 Å². The zero-order valence-electron chi connectivity index (χ0n) is 14.7. The normalized spacial score (nSPS) is 14.2. The van der Waals surface area contributed by atoms with Crippen molar-refractivity contribution in [3.63, 3.8) is 0 Å². The number of carbonyl (C=O) groups excluding carboxylic acids is 2. The standard InChI is InChI=1S/C19H20N2O4S/c1-12(2)14-6-3-4-9-18(14)26(24,25)21-19(23)13-10-15-16(20-11-13)7-5-8-17(15)22/h3-4,6,9-12H,5,7-8H2,1-2H3,(H,21,23). The first-order valence-electron chi connectivity index (χ1n) is 8.48. The van der Waals surface area contributed by atoms with Gasteiger partial charge in [0, 0.05) is 18.2 Å². The van der Waals surface area contributed by atoms with E-state index in [2.05, 4.69) is 9.71 Å². The Kier molecular flexibility index (Phi) is 4.91. The van der Waals surface area contributed by atoms with Gasteiger partial charge >= 0.3 is 0 Å². The fourth-order valence-corrected chi connectivity index (χ4v) is 4.39. The van der Waals surface area contributed by atoms with Crippen molar-refractivity contribution in [2.24, 2.45) is 0 Å². The second kappa shape index (κ2) is 6.99. The number of pyridine rings is 1. The predicted molar refractivity (Wildman–Crippen MR) is 96.7 cm³/mol. The number of sulfonamides is 1. The second-order valence-electron chi connectivity index (χ2n) is 6.62. The number of aryl methyl sites for hydroxylation is 1. The summed E-state index contributed by atoms with van der Waals surface area (Å²) in [4.78, 5) is 28.7. The van der Waals surface area contributed by atoms with Crippen molar-refractivity contribution >= 4 is 21.7 Å². The van der Waals surface area contributed by atoms with Gasteiger partial charge in [-0.05, 0) is 36.5 Å². The molecule has 0 saturated carbocycles. The van der Waals surface area contributed by atoms with Gasteiger partial charge in [-0.3, -0.25) is 14.6 Å². The first-order valence-corrected chi connectivity index (χ1v) is 9.96. The Morgan fingerprint density at radius 1 is 1.19 bits per heavy atom. The van der Waals surface area contributed by atoms with E-state index < -0.39 is 15.9 Å². The monoisotopic (exact) mass is 372 g/mol. The van der Waals surface area contributed by atoms with Crippen molar-refractivity contribution in [3.05, 3.63) is 58.9 Å². The number of hydrogen-bond donors (Lipinski definition) is 1. The molecule has 0 saturated heterocycles. The van der Waals surface area contributed by atoms with Crippen LogP contribution in [0.3, 0.4) is 0 Å². The number of carbonyl (C=O) groups is 2. The van der Waals surface area contributed by atoms with Crippen molar-refractivity contribution in [3.8, 4) is 0 Å². The number of Topliss-reactive ketones (excluding diaryl/α,β-unsaturated/α-hetero) is 1. The van der Waals surface area contributed by atoms with Gasteiger partial charge in [0.05, 0.1) is 16.2 Å². The van der Waals surface area contributed by atoms with Crippen LogP contribution in [0, 0.1) is 0 Å². The highest BCUT2D eigenvalue weighted by molar-refractivity contribution is 7.90. The molecule has 1 aromatic heterocycles. The van der Waals surface area contributed by atoms with E-state index in [1.165, 1.54) is 18.3 Å². The fourth-order valence-electron chi connectivity index (χ4n) is 3.05. The number of hydrogen-bond acceptors (Lipinski definition) is 5. The third kappa shape index (κ3) is 3.53. The molecule has 0 bridgehead atoms. The maximum absolute atomic E-state index is 12.7. The van der Waals surface area contributed by atoms with Crippen LogP contribution in [0.15, 0.2) is 41.4 Å². The van der Waals surface area contributed by atoms with Gasteiger partial charge in [-0.25, -0.2) is 13.1 Å². The number of nitrogens with one attached hydrogen (secondary N) is 1. The lowest BCUT2D eigenvalue weighted by atomic mass is 9.94. The number of ketones is 1. The molecule has 6 nitrogen and oxygen atoms in total. The number of nitrogens with zero attached hydrogens (tertiary/aromatic N) is 1. The lowest BCUT2D eigenvalue weighted by Gasteiger charge is -2.15. The van der Waals surface area contributed by atoms with Crippen LogP contribution in [0.2, 0.25) is 0 Å². The number of rotatable bonds is 4. The topological polar surface area (TPSA) is 93.2 Å². The van der Waals surface area contributed by atoms with Gasteiger partial charge in [-0.1, -0.05) is 32.0 Å². The third-order valence-corrected chi connectivity index (χ3v) is 5.81. The molecule has 1 aliphatic carbocycles. The molecule has 7 heteroatoms. The minimum absolute atomic E-state index is 0.0130. The van der Waals surface area contributed by atoms with Gasteiger partial charge in [-0.15, -0.1) is 0 Å². The summed E-state index contributed by atoms with van der Waals surface area (Å²) >= 11 is 0. The van der Waals surface area contributed by atoms with Gasteiger partial charge in [0.25, 0.3) is 15.9 Å². The second-order valence-corrected chi connectivity index (χ2v) is 8.27. The molecule has 2 aromatic rings. The van der Waals surface area contributed by atoms with Crippen LogP contribution in [0.4, 0.5) is 0 Å². The molecule has 0 radical (unpaired) electrons. The first kappa shape index (κ1) is 18.3. The molecule has 1 aliphatic rings. The average Bonchev–Trinajstić information content (AvgIpc) is 2.61. The summed E-state index contributed by atoms with van der Waals surface area (Å²) in [5.41, 5.74) is 1.76. The summed E-state index contributed by atoms with van der Waals surface area (Å²) in [6, 6.07) is 8.00. The zero-order chi connectivity index (χ0) is 18.9. The maximum Gasteiger partial charge on any atom is 0.266 e. The van der Waals surface area contributed by atoms with Crippen molar-refractivity contribution < 1.29 is 18.0 Å². The fraction of sp³-hybridized carbons (Fsp3) is 0.316. The van der Waals surface area contributed by atoms with Crippen molar-refractivity contribution in [1.82, 2.24) is 9.71 Å². The van der Waals surface area contributed by atoms with Crippen molar-refractivity contribution in [2.45, 2.75) is 43.9 Å². The van der Waals surface area contributed by atoms with Crippen LogP contribution in [-0.2, 0) is 16.4 Å². The van der Waals surface area contributed by atoms with Crippen LogP contribution in [0.25, 0.3) is 0 Å². The largest absolute Gasteiger partial charge is 0.294 e. The molecule has 3 rings (SSSR count). The molecule has 26 heavy (non-hydrogen) atoms. The Bertz CT molecular complexity index is 981. The number of fused-ring (bicyclic) bond motifs is 1. The highest BCUT2D eigenvalue weighted by atomic mass is 32.2. The highest BCUT2D eigenvalue weighted by Gasteiger charge is 2.25. The minimum Gasteiger partial charge on any atom is -0.294 e. The third-order valence-electron chi connectivity index (χ3n) is 4.41. The van der Waals surface area contributed by atoms with Crippen molar-refractivity contribution in [1.29, 1.82) is 0 Å². The van der Waals surface area contributed by atoms with Crippen LogP contribution < -0.4 is 4.72 Å². The Hall–Kier alpha value is -2.54. The first-order chi connectivity index (χ1) is 12.3. The van der Waals surface area contributed by atoms with Gasteiger partial charge in [0.1, 0.15) is 0 Å². The van der Waals surface area contributed by atoms with Crippen LogP contribution in [0.1, 0.15) is 64.6 Å². The SMILES string of the molecule is CC(C)c1ccccc1S(=O)(=O)NC(=O)c1cnc2c(c1)C(=O)CCC2. The number of amides is 1. The van der Waals surface area contributed by atoms with Gasteiger partial charge in [0.15, 0.2) is 5.78 Å². The van der Waals surface area contributed by atoms with Gasteiger partial charge < -0.3 is 0 Å². The average molecular weight is 372 g/mol. The molecule has 0 spiro atoms. The van der Waals surface area contributed by atoms with Crippen LogP contribution in [0.5, 0.6) is 0 Å². The van der Waals surface area contributed by atoms with Gasteiger partial charge in [-0.2, -0.15) is 0 Å². The lowest BCUT2D eigenvalue weighted by Crippen LogP contribution is -2.32. The van der Waals surface area contributed by atoms with E-state index in [0.717, 1.165) is 6.42 Å². The van der Waals surface area contributed by atoms with E-state index in [0.29, 0.717) is 29.7 Å². The molecule has 0 fully saturated rings. The summed E-state index contributed by atoms with van der Waals surface area (Å²) in [5.74, 6) is -0.875. The zero-order valence-corrected chi connectivity index (χ0v) is 15.5. The van der Waals surface area contributed by atoms with E-state index >= 15 is 0 Å². The summed E-state index contributed by atoms with van der Waals surface area (Å²) in [6.45, 7) is 3.77. The van der Waals surface area contributed by atoms with Crippen molar-refractivity contribution in [2.75, 3.05) is 0 Å². The van der Waals surface area contributed by atoms with E-state index in [1.54, 1.807) is 18.2 Å². The Morgan fingerprint density at radius 3 is 2.65 bits per heavy atom. The molecule has 1 aromatic carbocycles. The predicted octanol–water partition coefficient (Wildman–Crippen LogP) is 2.84. The molecule has 136 valence electrons. The number of benzene rings is 1. The molecular formula is C19H20N2O4S. The molecule has 1 amide bonds. The van der Waals surface area contributed by atoms with E-state index in [1.807, 2.05) is 13.8 Å². The minimum atomic E-state index is -4.03. The number of aromatic nitrogens is 1. The Morgan fingerprint density at radius 2 is 1.92 bits per heavy atom. The molecule has 1 N–H and O–H groups in total. The van der Waals surface area contributed by atoms with E-state index in [-0.39, 0.29) is 22.2 Å². The van der Waals surface area contributed by atoms with E-state index in [9.17, 15) is 18.0 Å². The summed E-state index contributed by atoms with van der Waals surface area (Å²) < 4.78 is 27.4.